The average Bonchev–Trinajstić information content (AvgIpc) is 2.96. The minimum Gasteiger partial charge on any atom is -0.494 e. The number of rotatable bonds is 3. The number of fused-ring (bicyclic) bond motifs is 3. The lowest BCUT2D eigenvalue weighted by molar-refractivity contribution is 0.340. The van der Waals surface area contributed by atoms with E-state index in [0.29, 0.717) is 22.6 Å². The fraction of sp³-hybridized carbons (Fsp3) is 0.111. The summed E-state index contributed by atoms with van der Waals surface area (Å²) in [5.74, 6) is 0.760. The van der Waals surface area contributed by atoms with Gasteiger partial charge >= 0.3 is 0 Å². The minimum absolute atomic E-state index is 0.172. The summed E-state index contributed by atoms with van der Waals surface area (Å²) in [6.07, 6.45) is 0. The molecule has 5 nitrogen and oxygen atoms in total. The van der Waals surface area contributed by atoms with Gasteiger partial charge in [-0.15, -0.1) is 0 Å². The van der Waals surface area contributed by atoms with Crippen LogP contribution in [0.2, 0.25) is 0 Å². The first-order chi connectivity index (χ1) is 11.7. The molecule has 0 aliphatic carbocycles. The van der Waals surface area contributed by atoms with Gasteiger partial charge in [0.1, 0.15) is 11.3 Å². The first-order valence-corrected chi connectivity index (χ1v) is 8.09. The summed E-state index contributed by atoms with van der Waals surface area (Å²) in [7, 11) is 0. The number of hydrogen-bond donors (Lipinski definition) is 2. The van der Waals surface area contributed by atoms with Crippen LogP contribution in [-0.2, 0) is 0 Å². The standard InChI is InChI=1S/C18H15N3O2S/c1-2-23-12-9-7-11(8-10-12)21-17(22)16-15(20-18(21)24)13-5-3-4-6-14(13)19-16/h3-10,19H,2H2,1H3,(H,20,24). The SMILES string of the molecule is CCOc1ccc(-n2c(=S)[nH]c3c([nH]c4ccccc43)c2=O)cc1. The topological polar surface area (TPSA) is 62.8 Å². The second-order valence-electron chi connectivity index (χ2n) is 5.42. The van der Waals surface area contributed by atoms with Gasteiger partial charge in [-0.1, -0.05) is 18.2 Å². The first kappa shape index (κ1) is 14.7. The van der Waals surface area contributed by atoms with Crippen LogP contribution >= 0.6 is 12.2 Å². The van der Waals surface area contributed by atoms with Gasteiger partial charge in [0.05, 0.1) is 17.8 Å². The summed E-state index contributed by atoms with van der Waals surface area (Å²) in [4.78, 5) is 19.3. The van der Waals surface area contributed by atoms with Crippen molar-refractivity contribution in [3.63, 3.8) is 0 Å². The zero-order chi connectivity index (χ0) is 16.7. The van der Waals surface area contributed by atoms with E-state index in [9.17, 15) is 4.79 Å². The third-order valence-corrected chi connectivity index (χ3v) is 4.25. The van der Waals surface area contributed by atoms with E-state index in [2.05, 4.69) is 9.97 Å². The summed E-state index contributed by atoms with van der Waals surface area (Å²) in [5, 5.41) is 0.953. The molecular formula is C18H15N3O2S. The van der Waals surface area contributed by atoms with Gasteiger partial charge in [0.25, 0.3) is 5.56 Å². The van der Waals surface area contributed by atoms with Gasteiger partial charge in [-0.05, 0) is 49.5 Å². The lowest BCUT2D eigenvalue weighted by atomic mass is 10.2. The molecule has 0 atom stereocenters. The molecule has 0 unspecified atom stereocenters. The Kier molecular flexibility index (Phi) is 3.46. The van der Waals surface area contributed by atoms with Crippen molar-refractivity contribution in [3.05, 3.63) is 63.7 Å². The molecule has 0 saturated heterocycles. The van der Waals surface area contributed by atoms with Crippen LogP contribution in [0.15, 0.2) is 53.3 Å². The molecule has 2 aromatic carbocycles. The molecule has 4 aromatic rings. The second kappa shape index (κ2) is 5.65. The van der Waals surface area contributed by atoms with Crippen LogP contribution in [0, 0.1) is 4.77 Å². The molecule has 2 aromatic heterocycles. The molecule has 6 heteroatoms. The van der Waals surface area contributed by atoms with E-state index < -0.39 is 0 Å². The van der Waals surface area contributed by atoms with Crippen molar-refractivity contribution in [2.24, 2.45) is 0 Å². The lowest BCUT2D eigenvalue weighted by Crippen LogP contribution is -2.20. The van der Waals surface area contributed by atoms with Gasteiger partial charge in [-0.25, -0.2) is 0 Å². The summed E-state index contributed by atoms with van der Waals surface area (Å²) < 4.78 is 7.29. The van der Waals surface area contributed by atoms with Crippen LogP contribution in [0.25, 0.3) is 27.6 Å². The summed E-state index contributed by atoms with van der Waals surface area (Å²) in [5.41, 5.74) is 2.68. The highest BCUT2D eigenvalue weighted by molar-refractivity contribution is 7.71. The summed E-state index contributed by atoms with van der Waals surface area (Å²) in [6.45, 7) is 2.53. The number of H-pyrrole nitrogens is 2. The number of nitrogens with zero attached hydrogens (tertiary/aromatic N) is 1. The van der Waals surface area contributed by atoms with Gasteiger partial charge in [0, 0.05) is 10.9 Å². The van der Waals surface area contributed by atoms with Crippen LogP contribution in [0.5, 0.6) is 5.75 Å². The number of aromatic amines is 2. The van der Waals surface area contributed by atoms with E-state index in [-0.39, 0.29) is 5.56 Å². The van der Waals surface area contributed by atoms with Crippen molar-refractivity contribution >= 4 is 34.2 Å². The quantitative estimate of drug-likeness (QED) is 0.557. The van der Waals surface area contributed by atoms with Crippen LogP contribution in [0.3, 0.4) is 0 Å². The predicted octanol–water partition coefficient (Wildman–Crippen LogP) is 3.93. The Labute approximate surface area is 142 Å². The molecule has 0 radical (unpaired) electrons. The highest BCUT2D eigenvalue weighted by Crippen LogP contribution is 2.22. The Hall–Kier alpha value is -2.86. The minimum atomic E-state index is -0.172. The molecule has 0 amide bonds. The smallest absolute Gasteiger partial charge is 0.283 e. The third-order valence-electron chi connectivity index (χ3n) is 3.96. The first-order valence-electron chi connectivity index (χ1n) is 7.68. The van der Waals surface area contributed by atoms with E-state index in [1.807, 2.05) is 55.5 Å². The summed E-state index contributed by atoms with van der Waals surface area (Å²) in [6, 6.07) is 15.1. The molecule has 2 N–H and O–H groups in total. The zero-order valence-corrected chi connectivity index (χ0v) is 13.8. The molecule has 0 fully saturated rings. The van der Waals surface area contributed by atoms with Gasteiger partial charge in [0.15, 0.2) is 4.77 Å². The van der Waals surface area contributed by atoms with Crippen LogP contribution in [-0.4, -0.2) is 21.1 Å². The summed E-state index contributed by atoms with van der Waals surface area (Å²) >= 11 is 5.42. The maximum absolute atomic E-state index is 12.9. The normalized spacial score (nSPS) is 11.2. The number of benzene rings is 2. The molecule has 0 aliphatic rings. The number of aromatic nitrogens is 3. The number of ether oxygens (including phenoxy) is 1. The van der Waals surface area contributed by atoms with Gasteiger partial charge in [0.2, 0.25) is 0 Å². The molecule has 24 heavy (non-hydrogen) atoms. The Balaban J connectivity index is 1.97. The highest BCUT2D eigenvalue weighted by atomic mass is 32.1. The Morgan fingerprint density at radius 2 is 1.79 bits per heavy atom. The maximum atomic E-state index is 12.9. The number of hydrogen-bond acceptors (Lipinski definition) is 3. The van der Waals surface area contributed by atoms with Crippen LogP contribution < -0.4 is 10.3 Å². The lowest BCUT2D eigenvalue weighted by Gasteiger charge is -2.08. The fourth-order valence-corrected chi connectivity index (χ4v) is 3.18. The molecule has 0 spiro atoms. The third kappa shape index (κ3) is 2.23. The van der Waals surface area contributed by atoms with Crippen molar-refractivity contribution in [2.75, 3.05) is 6.61 Å². The number of para-hydroxylation sites is 1. The van der Waals surface area contributed by atoms with Gasteiger partial charge in [-0.3, -0.25) is 9.36 Å². The number of nitrogens with one attached hydrogen (secondary N) is 2. The highest BCUT2D eigenvalue weighted by Gasteiger charge is 2.12. The molecule has 120 valence electrons. The second-order valence-corrected chi connectivity index (χ2v) is 5.80. The van der Waals surface area contributed by atoms with E-state index >= 15 is 0 Å². The average molecular weight is 337 g/mol. The molecule has 4 rings (SSSR count). The van der Waals surface area contributed by atoms with Crippen molar-refractivity contribution in [2.45, 2.75) is 6.92 Å². The molecule has 0 saturated carbocycles. The van der Waals surface area contributed by atoms with Crippen molar-refractivity contribution in [1.82, 2.24) is 14.5 Å². The monoisotopic (exact) mass is 337 g/mol. The largest absolute Gasteiger partial charge is 0.494 e. The predicted molar refractivity (Wildman–Crippen MR) is 97.8 cm³/mol. The molecular weight excluding hydrogens is 322 g/mol. The van der Waals surface area contributed by atoms with E-state index in [1.165, 1.54) is 4.57 Å². The van der Waals surface area contributed by atoms with Crippen molar-refractivity contribution in [3.8, 4) is 11.4 Å². The van der Waals surface area contributed by atoms with E-state index in [0.717, 1.165) is 22.2 Å². The molecule has 2 heterocycles. The molecule has 0 aliphatic heterocycles. The van der Waals surface area contributed by atoms with Gasteiger partial charge in [-0.2, -0.15) is 0 Å². The Morgan fingerprint density at radius 1 is 1.04 bits per heavy atom. The van der Waals surface area contributed by atoms with Crippen molar-refractivity contribution < 1.29 is 4.74 Å². The van der Waals surface area contributed by atoms with Crippen molar-refractivity contribution in [1.29, 1.82) is 0 Å². The van der Waals surface area contributed by atoms with Crippen LogP contribution in [0.4, 0.5) is 0 Å². The zero-order valence-electron chi connectivity index (χ0n) is 13.0. The van der Waals surface area contributed by atoms with E-state index in [4.69, 9.17) is 17.0 Å². The maximum Gasteiger partial charge on any atom is 0.283 e. The van der Waals surface area contributed by atoms with E-state index in [1.54, 1.807) is 0 Å². The van der Waals surface area contributed by atoms with Crippen LogP contribution in [0.1, 0.15) is 6.92 Å². The fourth-order valence-electron chi connectivity index (χ4n) is 2.89. The Bertz CT molecular complexity index is 1150. The Morgan fingerprint density at radius 3 is 2.54 bits per heavy atom. The molecule has 0 bridgehead atoms. The van der Waals surface area contributed by atoms with Gasteiger partial charge < -0.3 is 14.7 Å².